The zero-order chi connectivity index (χ0) is 7.56. The lowest BCUT2D eigenvalue weighted by atomic mass is 9.95. The lowest BCUT2D eigenvalue weighted by molar-refractivity contribution is -0.131. The maximum Gasteiger partial charge on any atom is 0.225 e. The zero-order valence-electron chi connectivity index (χ0n) is 5.61. The van der Waals surface area contributed by atoms with E-state index in [9.17, 15) is 4.79 Å². The predicted molar refractivity (Wildman–Crippen MR) is 35.1 cm³/mol. The number of hydrogen-bond acceptors (Lipinski definition) is 2. The van der Waals surface area contributed by atoms with Gasteiger partial charge in [0.05, 0.1) is 5.92 Å². The molecule has 0 spiro atoms. The molecule has 54 valence electrons. The topological polar surface area (TPSA) is 77.9 Å². The largest absolute Gasteiger partial charge is 0.355 e. The fourth-order valence-corrected chi connectivity index (χ4v) is 0.855. The first-order chi connectivity index (χ1) is 4.75. The van der Waals surface area contributed by atoms with Crippen LogP contribution in [0.5, 0.6) is 0 Å². The predicted octanol–water partition coefficient (Wildman–Crippen LogP) is 0.431. The van der Waals surface area contributed by atoms with E-state index in [4.69, 9.17) is 5.53 Å². The average Bonchev–Trinajstić information content (AvgIpc) is 1.85. The van der Waals surface area contributed by atoms with Crippen LogP contribution in [-0.4, -0.2) is 18.5 Å². The maximum atomic E-state index is 10.7. The molecule has 1 aliphatic rings. The molecule has 1 heterocycles. The van der Waals surface area contributed by atoms with E-state index in [-0.39, 0.29) is 17.9 Å². The summed E-state index contributed by atoms with van der Waals surface area (Å²) in [6.45, 7) is 2.38. The second-order valence-electron chi connectivity index (χ2n) is 2.30. The third-order valence-corrected chi connectivity index (χ3v) is 1.65. The molecule has 0 bridgehead atoms. The van der Waals surface area contributed by atoms with Gasteiger partial charge in [0, 0.05) is 17.5 Å². The number of carbonyl (C=O) groups excluding carboxylic acids is 1. The molecule has 1 fully saturated rings. The SMILES string of the molecule is C[C@H](N=[N+]=[N-])[C@@H]1CNC1=O. The Bertz CT molecular complexity index is 194. The van der Waals surface area contributed by atoms with Gasteiger partial charge >= 0.3 is 0 Å². The minimum atomic E-state index is -0.209. The van der Waals surface area contributed by atoms with E-state index in [1.165, 1.54) is 0 Å². The van der Waals surface area contributed by atoms with E-state index in [1.807, 2.05) is 0 Å². The maximum absolute atomic E-state index is 10.7. The van der Waals surface area contributed by atoms with Crippen molar-refractivity contribution in [3.8, 4) is 0 Å². The van der Waals surface area contributed by atoms with Crippen LogP contribution >= 0.6 is 0 Å². The Balaban J connectivity index is 2.48. The highest BCUT2D eigenvalue weighted by Gasteiger charge is 2.31. The Hall–Kier alpha value is -1.22. The molecule has 5 heteroatoms. The van der Waals surface area contributed by atoms with Gasteiger partial charge in [-0.05, 0) is 5.53 Å². The third kappa shape index (κ3) is 1.04. The molecular weight excluding hydrogens is 132 g/mol. The molecule has 0 unspecified atom stereocenters. The lowest BCUT2D eigenvalue weighted by Gasteiger charge is -2.28. The highest BCUT2D eigenvalue weighted by atomic mass is 16.2. The first-order valence-corrected chi connectivity index (χ1v) is 3.07. The van der Waals surface area contributed by atoms with E-state index >= 15 is 0 Å². The molecule has 1 amide bonds. The molecule has 0 saturated carbocycles. The van der Waals surface area contributed by atoms with Crippen LogP contribution in [0.4, 0.5) is 0 Å². The van der Waals surface area contributed by atoms with Crippen molar-refractivity contribution in [3.05, 3.63) is 10.4 Å². The molecule has 2 atom stereocenters. The normalized spacial score (nSPS) is 25.7. The van der Waals surface area contributed by atoms with Gasteiger partial charge in [-0.2, -0.15) is 0 Å². The number of nitrogens with one attached hydrogen (secondary N) is 1. The molecule has 1 N–H and O–H groups in total. The summed E-state index contributed by atoms with van der Waals surface area (Å²) in [6.07, 6.45) is 0. The van der Waals surface area contributed by atoms with Crippen LogP contribution in [-0.2, 0) is 4.79 Å². The second kappa shape index (κ2) is 2.58. The van der Waals surface area contributed by atoms with Gasteiger partial charge in [0.1, 0.15) is 0 Å². The standard InChI is InChI=1S/C5H8N4O/c1-3(8-9-6)4-2-7-5(4)10/h3-4H,2H2,1H3,(H,7,10)/t3-,4-/m0/s1. The van der Waals surface area contributed by atoms with E-state index < -0.39 is 0 Å². The first kappa shape index (κ1) is 6.89. The van der Waals surface area contributed by atoms with Crippen LogP contribution in [0.15, 0.2) is 5.11 Å². The summed E-state index contributed by atoms with van der Waals surface area (Å²) in [5.74, 6) is -0.115. The number of hydrogen-bond donors (Lipinski definition) is 1. The smallest absolute Gasteiger partial charge is 0.225 e. The summed E-state index contributed by atoms with van der Waals surface area (Å²) in [4.78, 5) is 13.3. The second-order valence-corrected chi connectivity index (χ2v) is 2.30. The van der Waals surface area contributed by atoms with E-state index in [0.717, 1.165) is 0 Å². The van der Waals surface area contributed by atoms with Crippen LogP contribution in [0.3, 0.4) is 0 Å². The molecule has 1 saturated heterocycles. The Labute approximate surface area is 58.0 Å². The Morgan fingerprint density at radius 2 is 2.70 bits per heavy atom. The van der Waals surface area contributed by atoms with Gasteiger partial charge < -0.3 is 5.32 Å². The van der Waals surface area contributed by atoms with Crippen LogP contribution in [0.1, 0.15) is 6.92 Å². The van der Waals surface area contributed by atoms with Crippen molar-refractivity contribution >= 4 is 5.91 Å². The summed E-state index contributed by atoms with van der Waals surface area (Å²) in [5.41, 5.74) is 8.02. The van der Waals surface area contributed by atoms with Crippen molar-refractivity contribution in [2.24, 2.45) is 11.0 Å². The van der Waals surface area contributed by atoms with Crippen LogP contribution in [0.25, 0.3) is 10.4 Å². The molecule has 0 aromatic heterocycles. The van der Waals surface area contributed by atoms with E-state index in [2.05, 4.69) is 15.3 Å². The first-order valence-electron chi connectivity index (χ1n) is 3.07. The monoisotopic (exact) mass is 140 g/mol. The number of rotatable bonds is 2. The van der Waals surface area contributed by atoms with Crippen molar-refractivity contribution in [1.29, 1.82) is 0 Å². The average molecular weight is 140 g/mol. The summed E-state index contributed by atoms with van der Waals surface area (Å²) in [5, 5.41) is 5.99. The van der Waals surface area contributed by atoms with Crippen LogP contribution in [0, 0.1) is 5.92 Å². The fraction of sp³-hybridized carbons (Fsp3) is 0.800. The fourth-order valence-electron chi connectivity index (χ4n) is 0.855. The summed E-state index contributed by atoms with van der Waals surface area (Å²) in [6, 6.07) is -0.209. The summed E-state index contributed by atoms with van der Waals surface area (Å²) >= 11 is 0. The number of carbonyl (C=O) groups is 1. The molecule has 1 rings (SSSR count). The van der Waals surface area contributed by atoms with E-state index in [0.29, 0.717) is 6.54 Å². The Morgan fingerprint density at radius 3 is 3.00 bits per heavy atom. The van der Waals surface area contributed by atoms with Gasteiger partial charge in [-0.25, -0.2) is 0 Å². The van der Waals surface area contributed by atoms with Crippen molar-refractivity contribution in [2.45, 2.75) is 13.0 Å². The minimum Gasteiger partial charge on any atom is -0.355 e. The van der Waals surface area contributed by atoms with Crippen LogP contribution in [0.2, 0.25) is 0 Å². The number of nitrogens with zero attached hydrogens (tertiary/aromatic N) is 3. The van der Waals surface area contributed by atoms with Gasteiger partial charge in [-0.3, -0.25) is 4.79 Å². The molecule has 0 radical (unpaired) electrons. The zero-order valence-corrected chi connectivity index (χ0v) is 5.61. The quantitative estimate of drug-likeness (QED) is 0.257. The lowest BCUT2D eigenvalue weighted by Crippen LogP contribution is -2.52. The number of amides is 1. The van der Waals surface area contributed by atoms with Gasteiger partial charge in [0.25, 0.3) is 0 Å². The molecule has 1 aliphatic heterocycles. The molecule has 5 nitrogen and oxygen atoms in total. The van der Waals surface area contributed by atoms with Crippen molar-refractivity contribution in [3.63, 3.8) is 0 Å². The van der Waals surface area contributed by atoms with E-state index in [1.54, 1.807) is 6.92 Å². The molecule has 10 heavy (non-hydrogen) atoms. The highest BCUT2D eigenvalue weighted by molar-refractivity contribution is 5.85. The Morgan fingerprint density at radius 1 is 2.00 bits per heavy atom. The molecular formula is C5H8N4O. The van der Waals surface area contributed by atoms with Gasteiger partial charge in [0.2, 0.25) is 5.91 Å². The Kier molecular flexibility index (Phi) is 1.78. The number of β-lactam (4-membered cyclic amide) rings is 1. The van der Waals surface area contributed by atoms with Crippen molar-refractivity contribution < 1.29 is 4.79 Å². The summed E-state index contributed by atoms with van der Waals surface area (Å²) < 4.78 is 0. The van der Waals surface area contributed by atoms with Gasteiger partial charge in [0.15, 0.2) is 0 Å². The van der Waals surface area contributed by atoms with Crippen molar-refractivity contribution in [2.75, 3.05) is 6.54 Å². The highest BCUT2D eigenvalue weighted by Crippen LogP contribution is 2.13. The summed E-state index contributed by atoms with van der Waals surface area (Å²) in [7, 11) is 0. The molecule has 0 aliphatic carbocycles. The van der Waals surface area contributed by atoms with Gasteiger partial charge in [-0.15, -0.1) is 0 Å². The number of azide groups is 1. The van der Waals surface area contributed by atoms with Gasteiger partial charge in [-0.1, -0.05) is 12.0 Å². The third-order valence-electron chi connectivity index (χ3n) is 1.65. The van der Waals surface area contributed by atoms with Crippen LogP contribution < -0.4 is 5.32 Å². The molecule has 0 aromatic carbocycles. The molecule has 0 aromatic rings. The minimum absolute atomic E-state index is 0.0140. The van der Waals surface area contributed by atoms with Crippen molar-refractivity contribution in [1.82, 2.24) is 5.32 Å².